The Morgan fingerprint density at radius 1 is 1.50 bits per heavy atom. The van der Waals surface area contributed by atoms with Crippen molar-refractivity contribution in [1.82, 2.24) is 0 Å². The van der Waals surface area contributed by atoms with E-state index in [9.17, 15) is 8.42 Å². The van der Waals surface area contributed by atoms with Crippen LogP contribution in [0.5, 0.6) is 0 Å². The van der Waals surface area contributed by atoms with E-state index in [1.165, 1.54) is 0 Å². The highest BCUT2D eigenvalue weighted by Crippen LogP contribution is 2.33. The van der Waals surface area contributed by atoms with Gasteiger partial charge in [-0.15, -0.1) is 0 Å². The van der Waals surface area contributed by atoms with Crippen LogP contribution in [0.3, 0.4) is 0 Å². The van der Waals surface area contributed by atoms with Gasteiger partial charge in [0.1, 0.15) is 0 Å². The molecule has 1 aromatic rings. The molecule has 1 aliphatic rings. The molecule has 0 aliphatic carbocycles. The average molecular weight is 211 g/mol. The van der Waals surface area contributed by atoms with Crippen LogP contribution >= 0.6 is 0 Å². The summed E-state index contributed by atoms with van der Waals surface area (Å²) in [5.74, 6) is 0. The molecule has 3 nitrogen and oxygen atoms in total. The van der Waals surface area contributed by atoms with Gasteiger partial charge in [0.05, 0.1) is 10.1 Å². The maximum Gasteiger partial charge on any atom is 0.181 e. The Balaban J connectivity index is 2.73. The SMILES string of the molecule is CC1Cc2cccc(CN)c2S1(=O)=O. The van der Waals surface area contributed by atoms with Gasteiger partial charge in [0, 0.05) is 6.54 Å². The van der Waals surface area contributed by atoms with Gasteiger partial charge in [0.15, 0.2) is 9.84 Å². The van der Waals surface area contributed by atoms with E-state index in [0.29, 0.717) is 11.3 Å². The summed E-state index contributed by atoms with van der Waals surface area (Å²) in [6.07, 6.45) is 0.617. The zero-order valence-electron chi connectivity index (χ0n) is 8.03. The minimum atomic E-state index is -3.11. The average Bonchev–Trinajstić information content (AvgIpc) is 2.38. The molecule has 0 fully saturated rings. The van der Waals surface area contributed by atoms with Crippen LogP contribution in [0, 0.1) is 0 Å². The Bertz CT molecular complexity index is 465. The fourth-order valence-corrected chi connectivity index (χ4v) is 3.78. The first-order valence-electron chi connectivity index (χ1n) is 4.62. The molecule has 0 bridgehead atoms. The summed E-state index contributed by atoms with van der Waals surface area (Å²) in [5, 5.41) is -0.301. The summed E-state index contributed by atoms with van der Waals surface area (Å²) >= 11 is 0. The van der Waals surface area contributed by atoms with Crippen molar-refractivity contribution in [3.05, 3.63) is 29.3 Å². The highest BCUT2D eigenvalue weighted by Gasteiger charge is 2.35. The van der Waals surface area contributed by atoms with Crippen LogP contribution < -0.4 is 5.73 Å². The first-order chi connectivity index (χ1) is 6.57. The van der Waals surface area contributed by atoms with Crippen LogP contribution in [-0.2, 0) is 22.8 Å². The smallest absolute Gasteiger partial charge is 0.181 e. The van der Waals surface area contributed by atoms with Crippen molar-refractivity contribution in [3.63, 3.8) is 0 Å². The highest BCUT2D eigenvalue weighted by molar-refractivity contribution is 7.92. The van der Waals surface area contributed by atoms with Crippen molar-refractivity contribution in [2.75, 3.05) is 0 Å². The minimum Gasteiger partial charge on any atom is -0.326 e. The molecule has 1 aliphatic heterocycles. The van der Waals surface area contributed by atoms with Gasteiger partial charge in [-0.05, 0) is 24.5 Å². The van der Waals surface area contributed by atoms with Gasteiger partial charge < -0.3 is 5.73 Å². The fourth-order valence-electron chi connectivity index (χ4n) is 1.95. The maximum atomic E-state index is 11.9. The van der Waals surface area contributed by atoms with Gasteiger partial charge in [-0.3, -0.25) is 0 Å². The molecule has 4 heteroatoms. The molecular formula is C10H13NO2S. The van der Waals surface area contributed by atoms with Crippen LogP contribution in [0.25, 0.3) is 0 Å². The van der Waals surface area contributed by atoms with Gasteiger partial charge in [0.2, 0.25) is 0 Å². The predicted octanol–water partition coefficient (Wildman–Crippen LogP) is 0.864. The first kappa shape index (κ1) is 9.68. The number of nitrogens with two attached hydrogens (primary N) is 1. The normalized spacial score (nSPS) is 23.4. The quantitative estimate of drug-likeness (QED) is 0.749. The molecule has 14 heavy (non-hydrogen) atoms. The lowest BCUT2D eigenvalue weighted by Crippen LogP contribution is -2.13. The van der Waals surface area contributed by atoms with Crippen LogP contribution in [0.1, 0.15) is 18.1 Å². The number of rotatable bonds is 1. The third-order valence-electron chi connectivity index (χ3n) is 2.72. The molecule has 0 radical (unpaired) electrons. The number of benzene rings is 1. The third-order valence-corrected chi connectivity index (χ3v) is 5.04. The Labute approximate surface area is 83.9 Å². The summed E-state index contributed by atoms with van der Waals surface area (Å²) in [5.41, 5.74) is 7.18. The largest absolute Gasteiger partial charge is 0.326 e. The molecule has 0 saturated heterocycles. The summed E-state index contributed by atoms with van der Waals surface area (Å²) in [4.78, 5) is 0.481. The second-order valence-corrected chi connectivity index (χ2v) is 5.97. The summed E-state index contributed by atoms with van der Waals surface area (Å²) in [6.45, 7) is 2.03. The van der Waals surface area contributed by atoms with Crippen molar-refractivity contribution in [2.24, 2.45) is 5.73 Å². The summed E-state index contributed by atoms with van der Waals surface area (Å²) in [7, 11) is -3.11. The van der Waals surface area contributed by atoms with E-state index in [2.05, 4.69) is 0 Å². The Morgan fingerprint density at radius 3 is 2.86 bits per heavy atom. The zero-order valence-corrected chi connectivity index (χ0v) is 8.84. The number of hydrogen-bond acceptors (Lipinski definition) is 3. The van der Waals surface area contributed by atoms with Gasteiger partial charge in [0.25, 0.3) is 0 Å². The molecule has 1 atom stereocenters. The standard InChI is InChI=1S/C10H13NO2S/c1-7-5-8-3-2-4-9(6-11)10(8)14(7,12)13/h2-4,7H,5-6,11H2,1H3. The third kappa shape index (κ3) is 1.18. The number of fused-ring (bicyclic) bond motifs is 1. The summed E-state index contributed by atoms with van der Waals surface area (Å²) in [6, 6.07) is 5.53. The van der Waals surface area contributed by atoms with E-state index in [4.69, 9.17) is 5.73 Å². The molecule has 0 spiro atoms. The molecule has 0 aromatic heterocycles. The maximum absolute atomic E-state index is 11.9. The van der Waals surface area contributed by atoms with E-state index in [1.54, 1.807) is 13.0 Å². The second kappa shape index (κ2) is 3.07. The van der Waals surface area contributed by atoms with Gasteiger partial charge >= 0.3 is 0 Å². The van der Waals surface area contributed by atoms with Gasteiger partial charge in [-0.2, -0.15) is 0 Å². The lowest BCUT2D eigenvalue weighted by atomic mass is 10.1. The molecule has 2 rings (SSSR count). The van der Waals surface area contributed by atoms with E-state index in [1.807, 2.05) is 12.1 Å². The second-order valence-electron chi connectivity index (χ2n) is 3.67. The van der Waals surface area contributed by atoms with E-state index >= 15 is 0 Å². The Kier molecular flexibility index (Phi) is 2.12. The van der Waals surface area contributed by atoms with Gasteiger partial charge in [-0.1, -0.05) is 18.2 Å². The molecule has 1 aromatic carbocycles. The predicted molar refractivity (Wildman–Crippen MR) is 54.7 cm³/mol. The number of hydrogen-bond donors (Lipinski definition) is 1. The highest BCUT2D eigenvalue weighted by atomic mass is 32.2. The topological polar surface area (TPSA) is 60.2 Å². The van der Waals surface area contributed by atoms with E-state index in [0.717, 1.165) is 11.1 Å². The van der Waals surface area contributed by atoms with E-state index in [-0.39, 0.29) is 11.8 Å². The molecule has 76 valence electrons. The van der Waals surface area contributed by atoms with Crippen molar-refractivity contribution < 1.29 is 8.42 Å². The zero-order chi connectivity index (χ0) is 10.3. The van der Waals surface area contributed by atoms with Gasteiger partial charge in [-0.25, -0.2) is 8.42 Å². The molecular weight excluding hydrogens is 198 g/mol. The lowest BCUT2D eigenvalue weighted by molar-refractivity contribution is 0.589. The van der Waals surface area contributed by atoms with Crippen LogP contribution in [0.2, 0.25) is 0 Å². The molecule has 1 unspecified atom stereocenters. The van der Waals surface area contributed by atoms with Crippen LogP contribution in [-0.4, -0.2) is 13.7 Å². The van der Waals surface area contributed by atoms with Crippen molar-refractivity contribution in [1.29, 1.82) is 0 Å². The Morgan fingerprint density at radius 2 is 2.21 bits per heavy atom. The van der Waals surface area contributed by atoms with Crippen molar-refractivity contribution in [3.8, 4) is 0 Å². The Hall–Kier alpha value is -0.870. The van der Waals surface area contributed by atoms with Crippen molar-refractivity contribution in [2.45, 2.75) is 30.0 Å². The fraction of sp³-hybridized carbons (Fsp3) is 0.400. The molecule has 0 saturated carbocycles. The van der Waals surface area contributed by atoms with Crippen molar-refractivity contribution >= 4 is 9.84 Å². The molecule has 0 amide bonds. The number of sulfone groups is 1. The monoisotopic (exact) mass is 211 g/mol. The van der Waals surface area contributed by atoms with Crippen LogP contribution in [0.15, 0.2) is 23.1 Å². The van der Waals surface area contributed by atoms with E-state index < -0.39 is 9.84 Å². The van der Waals surface area contributed by atoms with Crippen LogP contribution in [0.4, 0.5) is 0 Å². The lowest BCUT2D eigenvalue weighted by Gasteiger charge is -2.05. The molecule has 1 heterocycles. The summed E-state index contributed by atoms with van der Waals surface area (Å²) < 4.78 is 23.8. The molecule has 2 N–H and O–H groups in total. The minimum absolute atomic E-state index is 0.287. The first-order valence-corrected chi connectivity index (χ1v) is 6.16.